The van der Waals surface area contributed by atoms with Crippen LogP contribution in [0.4, 0.5) is 10.2 Å². The number of pyridine rings is 2. The average molecular weight is 413 g/mol. The molecule has 0 fully saturated rings. The third-order valence-electron chi connectivity index (χ3n) is 5.11. The molecule has 1 atom stereocenters. The first-order chi connectivity index (χ1) is 13.8. The van der Waals surface area contributed by atoms with Crippen LogP contribution in [0.1, 0.15) is 29.0 Å². The Kier molecular flexibility index (Phi) is 4.58. The van der Waals surface area contributed by atoms with Crippen LogP contribution < -0.4 is 5.73 Å². The molecule has 0 spiro atoms. The quantitative estimate of drug-likeness (QED) is 0.553. The standard InChI is InChI=1S/C20H18ClFN6O/c1-10(16-5-4-11(22)8-24-16)27(2)20(29)12-6-13-17(7-15(12)21)26-19(23)14-9-25-28(3)18(13)14/h4-10H,1-3H3,(H2,23,26)/t10-/m1/s1. The SMILES string of the molecule is C[C@H](c1ccc(F)cn1)N(C)C(=O)c1cc2c(cc1Cl)nc(N)c1cnn(C)c12. The molecule has 0 radical (unpaired) electrons. The van der Waals surface area contributed by atoms with Crippen LogP contribution in [0.25, 0.3) is 21.8 Å². The van der Waals surface area contributed by atoms with Crippen molar-refractivity contribution in [1.29, 1.82) is 0 Å². The van der Waals surface area contributed by atoms with Gasteiger partial charge in [-0.15, -0.1) is 0 Å². The molecule has 0 saturated carbocycles. The summed E-state index contributed by atoms with van der Waals surface area (Å²) in [6.07, 6.45) is 2.77. The molecule has 2 N–H and O–H groups in total. The molecule has 29 heavy (non-hydrogen) atoms. The van der Waals surface area contributed by atoms with Crippen LogP contribution in [0.2, 0.25) is 5.02 Å². The highest BCUT2D eigenvalue weighted by Gasteiger charge is 2.23. The van der Waals surface area contributed by atoms with Gasteiger partial charge in [-0.1, -0.05) is 11.6 Å². The number of carbonyl (C=O) groups excluding carboxylic acids is 1. The lowest BCUT2D eigenvalue weighted by Gasteiger charge is -2.25. The smallest absolute Gasteiger partial charge is 0.255 e. The predicted octanol–water partition coefficient (Wildman–Crippen LogP) is 3.72. The van der Waals surface area contributed by atoms with Crippen LogP contribution in [-0.2, 0) is 7.05 Å². The van der Waals surface area contributed by atoms with Crippen molar-refractivity contribution in [3.8, 4) is 0 Å². The van der Waals surface area contributed by atoms with Crippen LogP contribution in [0.5, 0.6) is 0 Å². The summed E-state index contributed by atoms with van der Waals surface area (Å²) in [6, 6.07) is 5.82. The van der Waals surface area contributed by atoms with Gasteiger partial charge >= 0.3 is 0 Å². The third kappa shape index (κ3) is 3.15. The van der Waals surface area contributed by atoms with Gasteiger partial charge in [0.15, 0.2) is 0 Å². The number of fused-ring (bicyclic) bond motifs is 3. The predicted molar refractivity (Wildman–Crippen MR) is 110 cm³/mol. The van der Waals surface area contributed by atoms with Gasteiger partial charge in [-0.3, -0.25) is 14.5 Å². The van der Waals surface area contributed by atoms with E-state index in [0.717, 1.165) is 17.1 Å². The molecular weight excluding hydrogens is 395 g/mol. The van der Waals surface area contributed by atoms with Crippen LogP contribution in [0.15, 0.2) is 36.7 Å². The lowest BCUT2D eigenvalue weighted by Crippen LogP contribution is -2.30. The van der Waals surface area contributed by atoms with E-state index in [-0.39, 0.29) is 17.0 Å². The minimum Gasteiger partial charge on any atom is -0.383 e. The number of rotatable bonds is 3. The van der Waals surface area contributed by atoms with Crippen LogP contribution in [0, 0.1) is 5.82 Å². The molecule has 7 nitrogen and oxygen atoms in total. The number of nitrogens with two attached hydrogens (primary N) is 1. The number of nitrogens with zero attached hydrogens (tertiary/aromatic N) is 5. The molecule has 0 unspecified atom stereocenters. The highest BCUT2D eigenvalue weighted by atomic mass is 35.5. The van der Waals surface area contributed by atoms with Crippen molar-refractivity contribution in [3.63, 3.8) is 0 Å². The fourth-order valence-corrected chi connectivity index (χ4v) is 3.58. The Morgan fingerprint density at radius 2 is 2.03 bits per heavy atom. The fourth-order valence-electron chi connectivity index (χ4n) is 3.34. The highest BCUT2D eigenvalue weighted by molar-refractivity contribution is 6.35. The number of aryl methyl sites for hydroxylation is 1. The maximum atomic E-state index is 13.2. The van der Waals surface area contributed by atoms with Crippen molar-refractivity contribution in [2.45, 2.75) is 13.0 Å². The summed E-state index contributed by atoms with van der Waals surface area (Å²) < 4.78 is 14.8. The number of aromatic nitrogens is 4. The number of hydrogen-bond acceptors (Lipinski definition) is 5. The Bertz CT molecular complexity index is 1250. The van der Waals surface area contributed by atoms with E-state index in [9.17, 15) is 9.18 Å². The Hall–Kier alpha value is -3.26. The summed E-state index contributed by atoms with van der Waals surface area (Å²) in [4.78, 5) is 23.2. The van der Waals surface area contributed by atoms with Gasteiger partial charge in [-0.2, -0.15) is 5.10 Å². The molecule has 148 valence electrons. The Morgan fingerprint density at radius 3 is 2.72 bits per heavy atom. The van der Waals surface area contributed by atoms with E-state index < -0.39 is 5.82 Å². The second kappa shape index (κ2) is 6.97. The summed E-state index contributed by atoms with van der Waals surface area (Å²) in [7, 11) is 3.45. The highest BCUT2D eigenvalue weighted by Crippen LogP contribution is 2.32. The number of carbonyl (C=O) groups is 1. The van der Waals surface area contributed by atoms with Crippen molar-refractivity contribution in [2.75, 3.05) is 12.8 Å². The van der Waals surface area contributed by atoms with E-state index in [1.807, 2.05) is 6.92 Å². The molecular formula is C20H18ClFN6O. The van der Waals surface area contributed by atoms with Gasteiger partial charge in [0, 0.05) is 19.5 Å². The monoisotopic (exact) mass is 412 g/mol. The fraction of sp³-hybridized carbons (Fsp3) is 0.200. The third-order valence-corrected chi connectivity index (χ3v) is 5.42. The number of amides is 1. The van der Waals surface area contributed by atoms with Crippen molar-refractivity contribution in [1.82, 2.24) is 24.6 Å². The number of halogens is 2. The molecule has 1 amide bonds. The normalized spacial score (nSPS) is 12.4. The first-order valence-electron chi connectivity index (χ1n) is 8.87. The summed E-state index contributed by atoms with van der Waals surface area (Å²) in [5, 5.41) is 5.94. The Morgan fingerprint density at radius 1 is 1.28 bits per heavy atom. The maximum Gasteiger partial charge on any atom is 0.255 e. The van der Waals surface area contributed by atoms with E-state index in [4.69, 9.17) is 17.3 Å². The van der Waals surface area contributed by atoms with Gasteiger partial charge in [0.2, 0.25) is 0 Å². The second-order valence-corrected chi connectivity index (χ2v) is 7.28. The molecule has 0 aliphatic rings. The molecule has 1 aromatic carbocycles. The largest absolute Gasteiger partial charge is 0.383 e. The summed E-state index contributed by atoms with van der Waals surface area (Å²) in [5.41, 5.74) is 8.28. The van der Waals surface area contributed by atoms with E-state index >= 15 is 0 Å². The summed E-state index contributed by atoms with van der Waals surface area (Å²) in [6.45, 7) is 1.81. The van der Waals surface area contributed by atoms with E-state index in [1.165, 1.54) is 11.0 Å². The zero-order valence-electron chi connectivity index (χ0n) is 16.0. The van der Waals surface area contributed by atoms with E-state index in [1.54, 1.807) is 43.2 Å². The number of hydrogen-bond donors (Lipinski definition) is 1. The van der Waals surface area contributed by atoms with E-state index in [2.05, 4.69) is 15.1 Å². The maximum absolute atomic E-state index is 13.2. The first kappa shape index (κ1) is 19.1. The Balaban J connectivity index is 1.80. The molecule has 0 aliphatic heterocycles. The van der Waals surface area contributed by atoms with E-state index in [0.29, 0.717) is 28.0 Å². The molecule has 9 heteroatoms. The number of benzene rings is 1. The molecule has 3 heterocycles. The molecule has 4 rings (SSSR count). The van der Waals surface area contributed by atoms with Gasteiger partial charge < -0.3 is 10.6 Å². The second-order valence-electron chi connectivity index (χ2n) is 6.87. The van der Waals surface area contributed by atoms with Gasteiger partial charge in [-0.25, -0.2) is 9.37 Å². The van der Waals surface area contributed by atoms with Gasteiger partial charge in [0.25, 0.3) is 5.91 Å². The van der Waals surface area contributed by atoms with Crippen molar-refractivity contribution in [2.24, 2.45) is 7.05 Å². The van der Waals surface area contributed by atoms with Gasteiger partial charge in [0.05, 0.1) is 51.1 Å². The zero-order chi connectivity index (χ0) is 20.9. The molecule has 0 bridgehead atoms. The lowest BCUT2D eigenvalue weighted by atomic mass is 10.1. The number of nitrogen functional groups attached to an aromatic ring is 1. The summed E-state index contributed by atoms with van der Waals surface area (Å²) in [5.74, 6) is -0.369. The van der Waals surface area contributed by atoms with Crippen LogP contribution in [0.3, 0.4) is 0 Å². The first-order valence-corrected chi connectivity index (χ1v) is 9.24. The molecule has 3 aromatic heterocycles. The zero-order valence-corrected chi connectivity index (χ0v) is 16.8. The van der Waals surface area contributed by atoms with Crippen molar-refractivity contribution >= 4 is 45.1 Å². The van der Waals surface area contributed by atoms with Gasteiger partial charge in [0.1, 0.15) is 11.6 Å². The Labute approximate surface area is 170 Å². The lowest BCUT2D eigenvalue weighted by molar-refractivity contribution is 0.0740. The minimum absolute atomic E-state index is 0.266. The van der Waals surface area contributed by atoms with Gasteiger partial charge in [-0.05, 0) is 31.2 Å². The number of anilines is 1. The van der Waals surface area contributed by atoms with Crippen LogP contribution >= 0.6 is 11.6 Å². The molecule has 0 aliphatic carbocycles. The topological polar surface area (TPSA) is 89.9 Å². The average Bonchev–Trinajstić information content (AvgIpc) is 3.09. The van der Waals surface area contributed by atoms with Crippen LogP contribution in [-0.4, -0.2) is 37.6 Å². The minimum atomic E-state index is -0.431. The van der Waals surface area contributed by atoms with Crippen molar-refractivity contribution < 1.29 is 9.18 Å². The molecule has 4 aromatic rings. The molecule has 0 saturated heterocycles. The summed E-state index contributed by atoms with van der Waals surface area (Å²) >= 11 is 6.41. The van der Waals surface area contributed by atoms with Crippen molar-refractivity contribution in [3.05, 3.63) is 58.8 Å².